The van der Waals surface area contributed by atoms with Crippen LogP contribution in [0.5, 0.6) is 0 Å². The molecule has 0 aliphatic heterocycles. The summed E-state index contributed by atoms with van der Waals surface area (Å²) in [5.41, 5.74) is 0. The van der Waals surface area contributed by atoms with E-state index in [1.807, 2.05) is 0 Å². The van der Waals surface area contributed by atoms with E-state index in [9.17, 15) is 13.2 Å². The number of hydrogen-bond acceptors (Lipinski definition) is 5. The van der Waals surface area contributed by atoms with Crippen LogP contribution >= 0.6 is 0 Å². The van der Waals surface area contributed by atoms with Gasteiger partial charge in [0.2, 0.25) is 0 Å². The van der Waals surface area contributed by atoms with Crippen molar-refractivity contribution in [2.24, 2.45) is 0 Å². The van der Waals surface area contributed by atoms with Crippen LogP contribution in [0.4, 0.5) is 0 Å². The lowest BCUT2D eigenvalue weighted by molar-refractivity contribution is -0.152. The van der Waals surface area contributed by atoms with Gasteiger partial charge in [0.1, 0.15) is 0 Å². The van der Waals surface area contributed by atoms with Crippen molar-refractivity contribution in [2.75, 3.05) is 6.61 Å². The second-order valence-electron chi connectivity index (χ2n) is 5.80. The minimum atomic E-state index is -4.66. The van der Waals surface area contributed by atoms with Gasteiger partial charge in [0, 0.05) is 0 Å². The second kappa shape index (κ2) is 13.7. The number of carbonyl (C=O) groups is 1. The summed E-state index contributed by atoms with van der Waals surface area (Å²) < 4.78 is 40.0. The van der Waals surface area contributed by atoms with Crippen molar-refractivity contribution in [3.05, 3.63) is 0 Å². The summed E-state index contributed by atoms with van der Waals surface area (Å²) in [6.45, 7) is 4.46. The van der Waals surface area contributed by atoms with Gasteiger partial charge in [-0.2, -0.15) is 8.42 Å². The van der Waals surface area contributed by atoms with Crippen molar-refractivity contribution < 1.29 is 26.7 Å². The quantitative estimate of drug-likeness (QED) is 0.272. The number of unbranched alkanes of at least 4 members (excludes halogenated alkanes) is 8. The van der Waals surface area contributed by atoms with Crippen molar-refractivity contribution in [3.8, 4) is 0 Å². The number of rotatable bonds is 15. The summed E-state index contributed by atoms with van der Waals surface area (Å²) in [5, 5.41) is 0. The lowest BCUT2D eigenvalue weighted by Gasteiger charge is -2.14. The van der Waals surface area contributed by atoms with E-state index in [1.54, 1.807) is 0 Å². The van der Waals surface area contributed by atoms with E-state index in [1.165, 1.54) is 19.3 Å². The molecular weight excluding hydrogens is 320 g/mol. The van der Waals surface area contributed by atoms with Crippen molar-refractivity contribution in [2.45, 2.75) is 90.6 Å². The highest BCUT2D eigenvalue weighted by molar-refractivity contribution is 7.80. The average Bonchev–Trinajstić information content (AvgIpc) is 2.48. The van der Waals surface area contributed by atoms with Crippen LogP contribution in [-0.4, -0.2) is 31.7 Å². The Bertz CT molecular complexity index is 393. The molecule has 1 atom stereocenters. The summed E-state index contributed by atoms with van der Waals surface area (Å²) in [4.78, 5) is 11.9. The first-order chi connectivity index (χ1) is 10.9. The van der Waals surface area contributed by atoms with Crippen LogP contribution in [0, 0.1) is 0 Å². The van der Waals surface area contributed by atoms with Gasteiger partial charge in [-0.1, -0.05) is 71.6 Å². The minimum absolute atomic E-state index is 0.231. The van der Waals surface area contributed by atoms with Gasteiger partial charge in [-0.3, -0.25) is 4.55 Å². The summed E-state index contributed by atoms with van der Waals surface area (Å²) in [7, 11) is -4.66. The maximum absolute atomic E-state index is 11.9. The van der Waals surface area contributed by atoms with E-state index in [4.69, 9.17) is 9.29 Å². The maximum Gasteiger partial charge on any atom is 0.398 e. The molecule has 6 nitrogen and oxygen atoms in total. The first kappa shape index (κ1) is 22.3. The first-order valence-electron chi connectivity index (χ1n) is 8.73. The van der Waals surface area contributed by atoms with Crippen LogP contribution in [0.25, 0.3) is 0 Å². The molecule has 0 bridgehead atoms. The Labute approximate surface area is 140 Å². The normalized spacial score (nSPS) is 13.0. The highest BCUT2D eigenvalue weighted by Gasteiger charge is 2.26. The van der Waals surface area contributed by atoms with E-state index in [2.05, 4.69) is 18.0 Å². The third kappa shape index (κ3) is 14.7. The summed E-state index contributed by atoms with van der Waals surface area (Å²) >= 11 is 0. The lowest BCUT2D eigenvalue weighted by atomic mass is 10.1. The van der Waals surface area contributed by atoms with Gasteiger partial charge in [-0.15, -0.1) is 0 Å². The van der Waals surface area contributed by atoms with Crippen LogP contribution in [0.1, 0.15) is 84.5 Å². The molecule has 7 heteroatoms. The number of hydrogen-bond donors (Lipinski definition) is 1. The lowest BCUT2D eigenvalue weighted by Crippen LogP contribution is -2.29. The largest absolute Gasteiger partial charge is 0.464 e. The zero-order chi connectivity index (χ0) is 17.6. The van der Waals surface area contributed by atoms with Crippen LogP contribution in [0.2, 0.25) is 0 Å². The van der Waals surface area contributed by atoms with Gasteiger partial charge in [0.05, 0.1) is 6.61 Å². The van der Waals surface area contributed by atoms with Crippen molar-refractivity contribution >= 4 is 16.4 Å². The average molecular weight is 352 g/mol. The smallest absolute Gasteiger partial charge is 0.398 e. The molecule has 0 aromatic heterocycles. The van der Waals surface area contributed by atoms with Crippen molar-refractivity contribution in [3.63, 3.8) is 0 Å². The molecule has 0 saturated heterocycles. The van der Waals surface area contributed by atoms with Crippen LogP contribution < -0.4 is 0 Å². The van der Waals surface area contributed by atoms with Gasteiger partial charge in [-0.05, 0) is 12.8 Å². The van der Waals surface area contributed by atoms with Gasteiger partial charge in [-0.25, -0.2) is 8.98 Å². The second-order valence-corrected chi connectivity index (χ2v) is 6.85. The van der Waals surface area contributed by atoms with Gasteiger partial charge in [0.25, 0.3) is 0 Å². The molecule has 0 aliphatic carbocycles. The predicted octanol–water partition coefficient (Wildman–Crippen LogP) is 4.05. The molecule has 138 valence electrons. The molecule has 0 saturated carbocycles. The van der Waals surface area contributed by atoms with E-state index < -0.39 is 22.5 Å². The summed E-state index contributed by atoms with van der Waals surface area (Å²) in [6, 6.07) is 0. The fourth-order valence-corrected chi connectivity index (χ4v) is 2.73. The number of ether oxygens (including phenoxy) is 1. The van der Waals surface area contributed by atoms with E-state index in [-0.39, 0.29) is 13.0 Å². The third-order valence-corrected chi connectivity index (χ3v) is 4.04. The summed E-state index contributed by atoms with van der Waals surface area (Å²) in [5.74, 6) is -0.715. The molecule has 0 rings (SSSR count). The Hall–Kier alpha value is -0.660. The third-order valence-electron chi connectivity index (χ3n) is 3.56. The van der Waals surface area contributed by atoms with E-state index in [0.717, 1.165) is 38.5 Å². The molecule has 0 spiro atoms. The Morgan fingerprint density at radius 2 is 1.43 bits per heavy atom. The summed E-state index contributed by atoms with van der Waals surface area (Å²) in [6.07, 6.45) is 8.96. The zero-order valence-corrected chi connectivity index (χ0v) is 15.3. The molecule has 0 amide bonds. The molecular formula is C16H32O6S. The SMILES string of the molecule is CCCCCCCCOC(=O)C(CCCCCC)OS(=O)(=O)O. The highest BCUT2D eigenvalue weighted by Crippen LogP contribution is 2.13. The molecule has 0 radical (unpaired) electrons. The molecule has 0 aliphatic rings. The highest BCUT2D eigenvalue weighted by atomic mass is 32.3. The monoisotopic (exact) mass is 352 g/mol. The van der Waals surface area contributed by atoms with Crippen molar-refractivity contribution in [1.82, 2.24) is 0 Å². The van der Waals surface area contributed by atoms with Crippen LogP contribution in [0.15, 0.2) is 0 Å². The molecule has 23 heavy (non-hydrogen) atoms. The standard InChI is InChI=1S/C16H32O6S/c1-3-5-7-9-10-12-14-21-16(17)15(22-23(18,19)20)13-11-8-6-4-2/h15H,3-14H2,1-2H3,(H,18,19,20). The maximum atomic E-state index is 11.9. The van der Waals surface area contributed by atoms with E-state index in [0.29, 0.717) is 6.42 Å². The molecule has 0 aromatic carbocycles. The van der Waals surface area contributed by atoms with Crippen LogP contribution in [0.3, 0.4) is 0 Å². The minimum Gasteiger partial charge on any atom is -0.464 e. The fraction of sp³-hybridized carbons (Fsp3) is 0.938. The fourth-order valence-electron chi connectivity index (χ4n) is 2.26. The Balaban J connectivity index is 4.07. The number of carbonyl (C=O) groups excluding carboxylic acids is 1. The van der Waals surface area contributed by atoms with Gasteiger partial charge >= 0.3 is 16.4 Å². The Morgan fingerprint density at radius 3 is 2.00 bits per heavy atom. The molecule has 0 fully saturated rings. The zero-order valence-electron chi connectivity index (χ0n) is 14.5. The first-order valence-corrected chi connectivity index (χ1v) is 10.1. The molecule has 1 unspecified atom stereocenters. The number of esters is 1. The van der Waals surface area contributed by atoms with Gasteiger partial charge < -0.3 is 4.74 Å². The van der Waals surface area contributed by atoms with Crippen LogP contribution in [-0.2, 0) is 24.1 Å². The molecule has 1 N–H and O–H groups in total. The Morgan fingerprint density at radius 1 is 0.913 bits per heavy atom. The molecule has 0 aromatic rings. The van der Waals surface area contributed by atoms with E-state index >= 15 is 0 Å². The molecule has 0 heterocycles. The predicted molar refractivity (Wildman–Crippen MR) is 89.5 cm³/mol. The van der Waals surface area contributed by atoms with Crippen molar-refractivity contribution in [1.29, 1.82) is 0 Å². The topological polar surface area (TPSA) is 89.9 Å². The van der Waals surface area contributed by atoms with Gasteiger partial charge in [0.15, 0.2) is 6.10 Å². The Kier molecular flexibility index (Phi) is 13.4.